The minimum Gasteiger partial charge on any atom is -0.339 e. The molecule has 138 valence electrons. The SMILES string of the molecule is Cc1cc(S(=O)(=O)N2CCC[C@]3(CCC(=O)N(C4CC4)C3)C2)c(C)s1. The van der Waals surface area contributed by atoms with Gasteiger partial charge in [0.1, 0.15) is 0 Å². The molecule has 2 aliphatic heterocycles. The molecule has 25 heavy (non-hydrogen) atoms. The number of hydrogen-bond donors (Lipinski definition) is 0. The van der Waals surface area contributed by atoms with Crippen LogP contribution < -0.4 is 0 Å². The number of carbonyl (C=O) groups excluding carboxylic acids is 1. The Hall–Kier alpha value is -0.920. The van der Waals surface area contributed by atoms with E-state index in [9.17, 15) is 13.2 Å². The van der Waals surface area contributed by atoms with Crippen LogP contribution in [0, 0.1) is 19.3 Å². The Kier molecular flexibility index (Phi) is 4.24. The van der Waals surface area contributed by atoms with Gasteiger partial charge in [0.15, 0.2) is 0 Å². The van der Waals surface area contributed by atoms with Crippen LogP contribution in [0.3, 0.4) is 0 Å². The lowest BCUT2D eigenvalue weighted by Gasteiger charge is -2.48. The largest absolute Gasteiger partial charge is 0.339 e. The number of hydrogen-bond acceptors (Lipinski definition) is 4. The first-order valence-corrected chi connectivity index (χ1v) is 11.4. The molecule has 2 saturated heterocycles. The quantitative estimate of drug-likeness (QED) is 0.808. The van der Waals surface area contributed by atoms with Gasteiger partial charge in [-0.3, -0.25) is 4.79 Å². The summed E-state index contributed by atoms with van der Waals surface area (Å²) in [7, 11) is -3.44. The van der Waals surface area contributed by atoms with Crippen molar-refractivity contribution in [3.8, 4) is 0 Å². The molecule has 3 aliphatic rings. The summed E-state index contributed by atoms with van der Waals surface area (Å²) in [6, 6.07) is 2.22. The molecule has 0 aromatic carbocycles. The van der Waals surface area contributed by atoms with Crippen molar-refractivity contribution < 1.29 is 13.2 Å². The number of rotatable bonds is 3. The second-order valence-corrected chi connectivity index (χ2v) is 11.3. The lowest BCUT2D eigenvalue weighted by molar-refractivity contribution is -0.139. The Morgan fingerprint density at radius 1 is 1.20 bits per heavy atom. The van der Waals surface area contributed by atoms with E-state index in [2.05, 4.69) is 0 Å². The Morgan fingerprint density at radius 2 is 1.96 bits per heavy atom. The van der Waals surface area contributed by atoms with E-state index in [1.165, 1.54) is 0 Å². The molecule has 1 atom stereocenters. The first-order chi connectivity index (χ1) is 11.8. The van der Waals surface area contributed by atoms with Crippen molar-refractivity contribution in [1.29, 1.82) is 0 Å². The van der Waals surface area contributed by atoms with Gasteiger partial charge in [-0.2, -0.15) is 4.31 Å². The molecule has 0 bridgehead atoms. The van der Waals surface area contributed by atoms with E-state index in [4.69, 9.17) is 0 Å². The summed E-state index contributed by atoms with van der Waals surface area (Å²) in [5, 5.41) is 0. The molecule has 0 unspecified atom stereocenters. The van der Waals surface area contributed by atoms with Gasteiger partial charge in [-0.25, -0.2) is 8.42 Å². The molecule has 3 heterocycles. The molecular weight excluding hydrogens is 356 g/mol. The maximum atomic E-state index is 13.2. The minimum absolute atomic E-state index is 0.0548. The van der Waals surface area contributed by atoms with Crippen LogP contribution in [0.4, 0.5) is 0 Å². The van der Waals surface area contributed by atoms with Crippen molar-refractivity contribution in [2.24, 2.45) is 5.41 Å². The number of piperidine rings is 2. The van der Waals surface area contributed by atoms with E-state index in [0.717, 1.165) is 48.4 Å². The summed E-state index contributed by atoms with van der Waals surface area (Å²) in [4.78, 5) is 16.7. The maximum Gasteiger partial charge on any atom is 0.244 e. The van der Waals surface area contributed by atoms with Gasteiger partial charge in [0.25, 0.3) is 0 Å². The van der Waals surface area contributed by atoms with Crippen LogP contribution in [-0.2, 0) is 14.8 Å². The second kappa shape index (κ2) is 6.06. The number of aryl methyl sites for hydroxylation is 2. The number of amides is 1. The Bertz CT molecular complexity index is 797. The fourth-order valence-corrected chi connectivity index (χ4v) is 7.58. The molecule has 1 aromatic heterocycles. The topological polar surface area (TPSA) is 57.7 Å². The average molecular weight is 383 g/mol. The van der Waals surface area contributed by atoms with E-state index < -0.39 is 10.0 Å². The highest BCUT2D eigenvalue weighted by molar-refractivity contribution is 7.89. The summed E-state index contributed by atoms with van der Waals surface area (Å²) in [5.41, 5.74) is -0.0548. The van der Waals surface area contributed by atoms with E-state index in [0.29, 0.717) is 30.4 Å². The normalized spacial score (nSPS) is 28.7. The molecule has 1 amide bonds. The zero-order valence-corrected chi connectivity index (χ0v) is 16.6. The summed E-state index contributed by atoms with van der Waals surface area (Å²) >= 11 is 1.54. The Balaban J connectivity index is 1.58. The first kappa shape index (κ1) is 17.5. The second-order valence-electron chi connectivity index (χ2n) is 7.97. The Labute approximate surface area is 154 Å². The number of nitrogens with zero attached hydrogens (tertiary/aromatic N) is 2. The van der Waals surface area contributed by atoms with Crippen LogP contribution in [0.5, 0.6) is 0 Å². The predicted octanol–water partition coefficient (Wildman–Crippen LogP) is 2.92. The third-order valence-electron chi connectivity index (χ3n) is 5.92. The van der Waals surface area contributed by atoms with E-state index >= 15 is 0 Å². The highest BCUT2D eigenvalue weighted by Crippen LogP contribution is 2.43. The van der Waals surface area contributed by atoms with Gasteiger partial charge in [-0.05, 0) is 52.0 Å². The van der Waals surface area contributed by atoms with Gasteiger partial charge in [-0.15, -0.1) is 11.3 Å². The van der Waals surface area contributed by atoms with Crippen LogP contribution in [0.15, 0.2) is 11.0 Å². The van der Waals surface area contributed by atoms with E-state index in [1.807, 2.05) is 18.7 Å². The van der Waals surface area contributed by atoms with Gasteiger partial charge >= 0.3 is 0 Å². The van der Waals surface area contributed by atoms with Crippen molar-refractivity contribution in [1.82, 2.24) is 9.21 Å². The zero-order chi connectivity index (χ0) is 17.8. The van der Waals surface area contributed by atoms with E-state index in [1.54, 1.807) is 21.7 Å². The molecular formula is C18H26N2O3S2. The molecule has 5 nitrogen and oxygen atoms in total. The van der Waals surface area contributed by atoms with Crippen molar-refractivity contribution in [3.05, 3.63) is 15.8 Å². The van der Waals surface area contributed by atoms with Crippen molar-refractivity contribution >= 4 is 27.3 Å². The zero-order valence-electron chi connectivity index (χ0n) is 15.0. The predicted molar refractivity (Wildman–Crippen MR) is 98.2 cm³/mol. The molecule has 1 aromatic rings. The smallest absolute Gasteiger partial charge is 0.244 e. The van der Waals surface area contributed by atoms with Gasteiger partial charge in [-0.1, -0.05) is 0 Å². The fourth-order valence-electron chi connectivity index (χ4n) is 4.47. The van der Waals surface area contributed by atoms with Crippen molar-refractivity contribution in [2.45, 2.75) is 63.3 Å². The summed E-state index contributed by atoms with van der Waals surface area (Å²) < 4.78 is 28.1. The molecule has 0 N–H and O–H groups in total. The number of carbonyl (C=O) groups is 1. The van der Waals surface area contributed by atoms with Crippen LogP contribution in [-0.4, -0.2) is 49.2 Å². The molecule has 4 rings (SSSR count). The highest BCUT2D eigenvalue weighted by Gasteiger charge is 2.47. The van der Waals surface area contributed by atoms with Crippen LogP contribution >= 0.6 is 11.3 Å². The fraction of sp³-hybridized carbons (Fsp3) is 0.722. The monoisotopic (exact) mass is 382 g/mol. The van der Waals surface area contributed by atoms with Crippen molar-refractivity contribution in [3.63, 3.8) is 0 Å². The van der Waals surface area contributed by atoms with Crippen molar-refractivity contribution in [2.75, 3.05) is 19.6 Å². The molecule has 7 heteroatoms. The Morgan fingerprint density at radius 3 is 2.60 bits per heavy atom. The lowest BCUT2D eigenvalue weighted by Crippen LogP contribution is -2.55. The third-order valence-corrected chi connectivity index (χ3v) is 8.99. The third kappa shape index (κ3) is 3.15. The number of sulfonamides is 1. The summed E-state index contributed by atoms with van der Waals surface area (Å²) in [6.07, 6.45) is 5.52. The van der Waals surface area contributed by atoms with Gasteiger partial charge in [0.2, 0.25) is 15.9 Å². The highest BCUT2D eigenvalue weighted by atomic mass is 32.2. The van der Waals surface area contributed by atoms with Gasteiger partial charge in [0, 0.05) is 47.3 Å². The average Bonchev–Trinajstić information content (AvgIpc) is 3.34. The molecule has 3 fully saturated rings. The van der Waals surface area contributed by atoms with E-state index in [-0.39, 0.29) is 11.3 Å². The number of likely N-dealkylation sites (tertiary alicyclic amines) is 1. The standard InChI is InChI=1S/C18H26N2O3S2/c1-13-10-16(14(2)24-13)25(22,23)19-9-3-7-18(11-19)8-6-17(21)20(12-18)15-4-5-15/h10,15H,3-9,11-12H2,1-2H3/t18-/m0/s1. The maximum absolute atomic E-state index is 13.2. The molecule has 1 spiro atoms. The van der Waals surface area contributed by atoms with Crippen LogP contribution in [0.25, 0.3) is 0 Å². The lowest BCUT2D eigenvalue weighted by atomic mass is 9.74. The summed E-state index contributed by atoms with van der Waals surface area (Å²) in [6.45, 7) is 5.73. The first-order valence-electron chi connectivity index (χ1n) is 9.17. The van der Waals surface area contributed by atoms with Crippen LogP contribution in [0.1, 0.15) is 48.3 Å². The molecule has 0 radical (unpaired) electrons. The van der Waals surface area contributed by atoms with Gasteiger partial charge in [0.05, 0.1) is 4.90 Å². The molecule has 1 aliphatic carbocycles. The number of thiophene rings is 1. The van der Waals surface area contributed by atoms with Gasteiger partial charge < -0.3 is 4.90 Å². The minimum atomic E-state index is -3.44. The summed E-state index contributed by atoms with van der Waals surface area (Å²) in [5.74, 6) is 0.261. The van der Waals surface area contributed by atoms with Crippen LogP contribution in [0.2, 0.25) is 0 Å². The molecule has 1 saturated carbocycles.